The zero-order valence-electron chi connectivity index (χ0n) is 21.3. The van der Waals surface area contributed by atoms with E-state index in [0.717, 1.165) is 26.2 Å². The van der Waals surface area contributed by atoms with Gasteiger partial charge in [-0.3, -0.25) is 4.90 Å². The number of anilines is 1. The second-order valence-electron chi connectivity index (χ2n) is 9.13. The maximum Gasteiger partial charge on any atom is 0.338 e. The van der Waals surface area contributed by atoms with Crippen LogP contribution in [0.5, 0.6) is 11.5 Å². The van der Waals surface area contributed by atoms with E-state index in [1.54, 1.807) is 12.1 Å². The molecule has 2 heterocycles. The molecule has 0 spiro atoms. The molecule has 0 unspecified atom stereocenters. The fourth-order valence-electron chi connectivity index (χ4n) is 4.76. The third-order valence-corrected chi connectivity index (χ3v) is 6.64. The third kappa shape index (κ3) is 5.41. The molecule has 2 aliphatic rings. The summed E-state index contributed by atoms with van der Waals surface area (Å²) in [7, 11) is 1.33. The average molecular weight is 495 g/mol. The number of aromatic hydroxyl groups is 1. The standard InChI is InChI=1S/C27H34N4O5/c1-5-36-23-15-19(8-9-22(23)32)25-24(26(33)35-4)20(28-27(34)29-25)16-30-10-12-31(13-11-30)21-14-17(2)6-7-18(21)3/h6-9,14-15,25,32H,5,10-13,16H2,1-4H3,(H2,28,29,34)/t25-/m1/s1. The molecule has 0 aliphatic carbocycles. The number of urea groups is 1. The van der Waals surface area contributed by atoms with Crippen molar-refractivity contribution in [3.05, 3.63) is 64.4 Å². The molecule has 2 aliphatic heterocycles. The first-order valence-corrected chi connectivity index (χ1v) is 12.2. The molecule has 1 saturated heterocycles. The quantitative estimate of drug-likeness (QED) is 0.509. The van der Waals surface area contributed by atoms with Crippen molar-refractivity contribution < 1.29 is 24.2 Å². The van der Waals surface area contributed by atoms with Crippen molar-refractivity contribution >= 4 is 17.7 Å². The van der Waals surface area contributed by atoms with Gasteiger partial charge in [0.05, 0.1) is 25.3 Å². The lowest BCUT2D eigenvalue weighted by molar-refractivity contribution is -0.136. The Balaban J connectivity index is 1.57. The van der Waals surface area contributed by atoms with Crippen LogP contribution in [-0.2, 0) is 9.53 Å². The molecule has 2 aromatic carbocycles. The van der Waals surface area contributed by atoms with Crippen molar-refractivity contribution in [2.24, 2.45) is 0 Å². The van der Waals surface area contributed by atoms with Crippen LogP contribution < -0.4 is 20.3 Å². The zero-order chi connectivity index (χ0) is 25.8. The monoisotopic (exact) mass is 494 g/mol. The van der Waals surface area contributed by atoms with E-state index in [0.29, 0.717) is 30.0 Å². The first-order valence-electron chi connectivity index (χ1n) is 12.2. The van der Waals surface area contributed by atoms with Crippen LogP contribution in [0.3, 0.4) is 0 Å². The molecule has 1 fully saturated rings. The number of carbonyl (C=O) groups is 2. The first-order chi connectivity index (χ1) is 17.3. The lowest BCUT2D eigenvalue weighted by Crippen LogP contribution is -2.51. The number of carbonyl (C=O) groups excluding carboxylic acids is 2. The summed E-state index contributed by atoms with van der Waals surface area (Å²) in [6, 6.07) is 10.1. The van der Waals surface area contributed by atoms with E-state index in [9.17, 15) is 14.7 Å². The number of amides is 2. The maximum atomic E-state index is 12.9. The van der Waals surface area contributed by atoms with Crippen LogP contribution >= 0.6 is 0 Å². The SMILES string of the molecule is CCOc1cc([C@H]2NC(=O)NC(CN3CCN(c4cc(C)ccc4C)CC3)=C2C(=O)OC)ccc1O. The highest BCUT2D eigenvalue weighted by atomic mass is 16.5. The number of benzene rings is 2. The highest BCUT2D eigenvalue weighted by molar-refractivity contribution is 5.95. The first kappa shape index (κ1) is 25.4. The molecular formula is C27H34N4O5. The summed E-state index contributed by atoms with van der Waals surface area (Å²) in [5, 5.41) is 15.8. The summed E-state index contributed by atoms with van der Waals surface area (Å²) in [5.41, 5.74) is 5.19. The van der Waals surface area contributed by atoms with Crippen molar-refractivity contribution in [1.29, 1.82) is 0 Å². The number of phenolic OH excluding ortho intramolecular Hbond substituents is 1. The predicted octanol–water partition coefficient (Wildman–Crippen LogP) is 3.01. The Morgan fingerprint density at radius 2 is 1.86 bits per heavy atom. The number of hydrogen-bond acceptors (Lipinski definition) is 7. The molecule has 0 saturated carbocycles. The van der Waals surface area contributed by atoms with Crippen molar-refractivity contribution in [3.63, 3.8) is 0 Å². The Kier molecular flexibility index (Phi) is 7.69. The van der Waals surface area contributed by atoms with Crippen molar-refractivity contribution in [3.8, 4) is 11.5 Å². The van der Waals surface area contributed by atoms with Crippen molar-refractivity contribution in [1.82, 2.24) is 15.5 Å². The van der Waals surface area contributed by atoms with Crippen LogP contribution in [0.15, 0.2) is 47.7 Å². The Hall–Kier alpha value is -3.72. The van der Waals surface area contributed by atoms with Crippen molar-refractivity contribution in [2.75, 3.05) is 51.3 Å². The maximum absolute atomic E-state index is 12.9. The van der Waals surface area contributed by atoms with E-state index in [4.69, 9.17) is 9.47 Å². The van der Waals surface area contributed by atoms with Gasteiger partial charge in [-0.25, -0.2) is 9.59 Å². The van der Waals surface area contributed by atoms with Crippen LogP contribution in [0, 0.1) is 13.8 Å². The Morgan fingerprint density at radius 1 is 1.11 bits per heavy atom. The van der Waals surface area contributed by atoms with Crippen molar-refractivity contribution in [2.45, 2.75) is 26.8 Å². The summed E-state index contributed by atoms with van der Waals surface area (Å²) in [5.74, 6) is -0.245. The topological polar surface area (TPSA) is 103 Å². The molecule has 4 rings (SSSR count). The highest BCUT2D eigenvalue weighted by Crippen LogP contribution is 2.34. The van der Waals surface area contributed by atoms with Gasteiger partial charge in [0.1, 0.15) is 0 Å². The van der Waals surface area contributed by atoms with Gasteiger partial charge in [0.2, 0.25) is 0 Å². The number of nitrogens with one attached hydrogen (secondary N) is 2. The molecule has 9 heteroatoms. The Morgan fingerprint density at radius 3 is 2.56 bits per heavy atom. The molecule has 1 atom stereocenters. The molecule has 9 nitrogen and oxygen atoms in total. The Bertz CT molecular complexity index is 1170. The number of phenols is 1. The molecule has 0 bridgehead atoms. The van der Waals surface area contributed by atoms with Gasteiger partial charge in [-0.1, -0.05) is 18.2 Å². The van der Waals surface area contributed by atoms with Crippen LogP contribution in [-0.4, -0.2) is 68.4 Å². The molecular weight excluding hydrogens is 460 g/mol. The van der Waals surface area contributed by atoms with Gasteiger partial charge >= 0.3 is 12.0 Å². The second kappa shape index (κ2) is 10.9. The molecule has 3 N–H and O–H groups in total. The minimum absolute atomic E-state index is 0.00796. The van der Waals surface area contributed by atoms with Gasteiger partial charge in [0, 0.05) is 44.1 Å². The largest absolute Gasteiger partial charge is 0.504 e. The zero-order valence-corrected chi connectivity index (χ0v) is 21.3. The van der Waals surface area contributed by atoms with Gasteiger partial charge in [-0.15, -0.1) is 0 Å². The lowest BCUT2D eigenvalue weighted by Gasteiger charge is -2.38. The molecule has 2 aromatic rings. The van der Waals surface area contributed by atoms with E-state index in [2.05, 4.69) is 52.5 Å². The number of rotatable bonds is 7. The van der Waals surface area contributed by atoms with Crippen LogP contribution in [0.2, 0.25) is 0 Å². The van der Waals surface area contributed by atoms with Gasteiger partial charge in [0.15, 0.2) is 11.5 Å². The smallest absolute Gasteiger partial charge is 0.338 e. The van der Waals surface area contributed by atoms with E-state index < -0.39 is 18.0 Å². The summed E-state index contributed by atoms with van der Waals surface area (Å²) in [6.45, 7) is 10.1. The number of ether oxygens (including phenoxy) is 2. The second-order valence-corrected chi connectivity index (χ2v) is 9.13. The third-order valence-electron chi connectivity index (χ3n) is 6.64. The van der Waals surface area contributed by atoms with E-state index in [1.807, 2.05) is 6.92 Å². The number of esters is 1. The number of nitrogens with zero attached hydrogens (tertiary/aromatic N) is 2. The van der Waals surface area contributed by atoms with Gasteiger partial charge in [0.25, 0.3) is 0 Å². The summed E-state index contributed by atoms with van der Waals surface area (Å²) >= 11 is 0. The fraction of sp³-hybridized carbons (Fsp3) is 0.407. The molecule has 2 amide bonds. The molecule has 0 aromatic heterocycles. The van der Waals surface area contributed by atoms with Crippen LogP contribution in [0.1, 0.15) is 29.7 Å². The minimum atomic E-state index is -0.739. The lowest BCUT2D eigenvalue weighted by atomic mass is 9.94. The summed E-state index contributed by atoms with van der Waals surface area (Å²) in [4.78, 5) is 30.1. The van der Waals surface area contributed by atoms with Crippen LogP contribution in [0.4, 0.5) is 10.5 Å². The molecule has 192 valence electrons. The van der Waals surface area contributed by atoms with E-state index in [1.165, 1.54) is 30.0 Å². The van der Waals surface area contributed by atoms with E-state index >= 15 is 0 Å². The number of aryl methyl sites for hydroxylation is 2. The van der Waals surface area contributed by atoms with E-state index in [-0.39, 0.29) is 11.5 Å². The normalized spacial score (nSPS) is 18.5. The Labute approximate surface area is 211 Å². The summed E-state index contributed by atoms with van der Waals surface area (Å²) < 4.78 is 10.6. The van der Waals surface area contributed by atoms with Gasteiger partial charge in [-0.05, 0) is 55.7 Å². The number of hydrogen-bond donors (Lipinski definition) is 3. The van der Waals surface area contributed by atoms with Gasteiger partial charge < -0.3 is 30.1 Å². The summed E-state index contributed by atoms with van der Waals surface area (Å²) in [6.07, 6.45) is 0. The number of piperazine rings is 1. The molecule has 36 heavy (non-hydrogen) atoms. The minimum Gasteiger partial charge on any atom is -0.504 e. The number of methoxy groups -OCH3 is 1. The molecule has 0 radical (unpaired) electrons. The fourth-order valence-corrected chi connectivity index (χ4v) is 4.76. The average Bonchev–Trinajstić information content (AvgIpc) is 2.87. The predicted molar refractivity (Wildman–Crippen MR) is 137 cm³/mol. The van der Waals surface area contributed by atoms with Crippen LogP contribution in [0.25, 0.3) is 0 Å². The van der Waals surface area contributed by atoms with Gasteiger partial charge in [-0.2, -0.15) is 0 Å². The highest BCUT2D eigenvalue weighted by Gasteiger charge is 2.35.